The number of ether oxygens (including phenoxy) is 2. The molecule has 1 heterocycles. The Kier molecular flexibility index (Phi) is 5.55. The van der Waals surface area contributed by atoms with Crippen molar-refractivity contribution in [3.63, 3.8) is 0 Å². The van der Waals surface area contributed by atoms with Crippen LogP contribution in [0.15, 0.2) is 48.8 Å². The maximum atomic E-state index is 12.7. The van der Waals surface area contributed by atoms with Crippen molar-refractivity contribution in [2.24, 2.45) is 0 Å². The van der Waals surface area contributed by atoms with E-state index in [1.165, 1.54) is 30.3 Å². The molecule has 1 amide bonds. The molecular formula is C17H15F2N5O3. The molecule has 0 saturated carbocycles. The lowest BCUT2D eigenvalue weighted by Crippen LogP contribution is -2.19. The monoisotopic (exact) mass is 375 g/mol. The zero-order valence-electron chi connectivity index (χ0n) is 14.2. The van der Waals surface area contributed by atoms with Gasteiger partial charge in [0.15, 0.2) is 0 Å². The second-order valence-corrected chi connectivity index (χ2v) is 5.37. The van der Waals surface area contributed by atoms with Gasteiger partial charge in [-0.2, -0.15) is 8.78 Å². The molecule has 0 aliphatic carbocycles. The van der Waals surface area contributed by atoms with Gasteiger partial charge >= 0.3 is 6.61 Å². The summed E-state index contributed by atoms with van der Waals surface area (Å²) in [6.45, 7) is -3.05. The zero-order chi connectivity index (χ0) is 19.2. The van der Waals surface area contributed by atoms with Crippen LogP contribution < -0.4 is 14.8 Å². The molecule has 1 N–H and O–H groups in total. The minimum Gasteiger partial charge on any atom is -0.497 e. The van der Waals surface area contributed by atoms with Crippen molar-refractivity contribution in [3.05, 3.63) is 48.8 Å². The van der Waals surface area contributed by atoms with Gasteiger partial charge in [0.05, 0.1) is 7.11 Å². The first-order valence-electron chi connectivity index (χ1n) is 7.79. The van der Waals surface area contributed by atoms with Gasteiger partial charge in [-0.15, -0.1) is 5.10 Å². The molecule has 0 aliphatic heterocycles. The average Bonchev–Trinajstić information content (AvgIpc) is 3.15. The number of rotatable bonds is 7. The smallest absolute Gasteiger partial charge is 0.387 e. The molecule has 0 saturated heterocycles. The Morgan fingerprint density at radius 2 is 2.00 bits per heavy atom. The lowest BCUT2D eigenvalue weighted by molar-refractivity contribution is -0.116. The Labute approximate surface area is 152 Å². The predicted molar refractivity (Wildman–Crippen MR) is 91.5 cm³/mol. The molecule has 3 rings (SSSR count). The fraction of sp³-hybridized carbons (Fsp3) is 0.176. The van der Waals surface area contributed by atoms with Crippen molar-refractivity contribution in [2.75, 3.05) is 12.4 Å². The molecular weight excluding hydrogens is 360 g/mol. The number of nitrogens with zero attached hydrogens (tertiary/aromatic N) is 4. The van der Waals surface area contributed by atoms with Gasteiger partial charge in [-0.3, -0.25) is 4.79 Å². The number of aromatic nitrogens is 4. The van der Waals surface area contributed by atoms with Gasteiger partial charge < -0.3 is 14.8 Å². The quantitative estimate of drug-likeness (QED) is 0.683. The van der Waals surface area contributed by atoms with Crippen molar-refractivity contribution in [1.29, 1.82) is 0 Å². The molecule has 3 aromatic rings. The van der Waals surface area contributed by atoms with E-state index >= 15 is 0 Å². The summed E-state index contributed by atoms with van der Waals surface area (Å²) in [5.41, 5.74) is 1.45. The molecule has 0 aliphatic rings. The normalized spacial score (nSPS) is 10.7. The van der Waals surface area contributed by atoms with Gasteiger partial charge in [-0.25, -0.2) is 4.68 Å². The molecule has 2 aromatic carbocycles. The van der Waals surface area contributed by atoms with E-state index in [0.29, 0.717) is 22.6 Å². The van der Waals surface area contributed by atoms with Gasteiger partial charge in [0.1, 0.15) is 24.4 Å². The lowest BCUT2D eigenvalue weighted by Gasteiger charge is -2.14. The SMILES string of the molecule is COc1ccc(-c2cc(NC(=O)Cn3cnnn3)ccc2OC(F)F)cc1. The standard InChI is InChI=1S/C17H15F2N5O3/c1-26-13-5-2-11(3-6-13)14-8-12(4-7-15(14)27-17(18)19)21-16(25)9-24-10-20-22-23-24/h2-8,10,17H,9H2,1H3,(H,21,25). The first-order valence-corrected chi connectivity index (χ1v) is 7.79. The van der Waals surface area contributed by atoms with E-state index in [1.54, 1.807) is 30.3 Å². The molecule has 0 unspecified atom stereocenters. The molecule has 10 heteroatoms. The summed E-state index contributed by atoms with van der Waals surface area (Å²) in [5, 5.41) is 13.2. The lowest BCUT2D eigenvalue weighted by atomic mass is 10.0. The van der Waals surface area contributed by atoms with Gasteiger partial charge in [-0.1, -0.05) is 12.1 Å². The molecule has 8 nitrogen and oxygen atoms in total. The van der Waals surface area contributed by atoms with Crippen LogP contribution in [0.1, 0.15) is 0 Å². The summed E-state index contributed by atoms with van der Waals surface area (Å²) in [4.78, 5) is 12.1. The first kappa shape index (κ1) is 18.2. The van der Waals surface area contributed by atoms with Crippen molar-refractivity contribution >= 4 is 11.6 Å². The second-order valence-electron chi connectivity index (χ2n) is 5.37. The number of halogens is 2. The van der Waals surface area contributed by atoms with E-state index in [-0.39, 0.29) is 18.2 Å². The Bertz CT molecular complexity index is 901. The van der Waals surface area contributed by atoms with Crippen LogP contribution in [-0.4, -0.2) is 39.8 Å². The van der Waals surface area contributed by atoms with Gasteiger partial charge in [0, 0.05) is 11.3 Å². The molecule has 0 bridgehead atoms. The average molecular weight is 375 g/mol. The number of amides is 1. The van der Waals surface area contributed by atoms with Gasteiger partial charge in [0.25, 0.3) is 0 Å². The highest BCUT2D eigenvalue weighted by atomic mass is 19.3. The van der Waals surface area contributed by atoms with E-state index < -0.39 is 6.61 Å². The zero-order valence-corrected chi connectivity index (χ0v) is 14.2. The van der Waals surface area contributed by atoms with E-state index in [0.717, 1.165) is 0 Å². The van der Waals surface area contributed by atoms with E-state index in [9.17, 15) is 13.6 Å². The molecule has 1 aromatic heterocycles. The number of hydrogen-bond donors (Lipinski definition) is 1. The van der Waals surface area contributed by atoms with Crippen molar-refractivity contribution in [2.45, 2.75) is 13.2 Å². The fourth-order valence-electron chi connectivity index (χ4n) is 2.40. The molecule has 0 spiro atoms. The van der Waals surface area contributed by atoms with Crippen LogP contribution in [0.3, 0.4) is 0 Å². The van der Waals surface area contributed by atoms with Crippen LogP contribution in [0, 0.1) is 0 Å². The van der Waals surface area contributed by atoms with Crippen molar-refractivity contribution in [3.8, 4) is 22.6 Å². The van der Waals surface area contributed by atoms with Gasteiger partial charge in [-0.05, 0) is 46.3 Å². The largest absolute Gasteiger partial charge is 0.497 e. The minimum atomic E-state index is -2.97. The summed E-state index contributed by atoms with van der Waals surface area (Å²) >= 11 is 0. The second kappa shape index (κ2) is 8.21. The van der Waals surface area contributed by atoms with E-state index in [1.807, 2.05) is 0 Å². The summed E-state index contributed by atoms with van der Waals surface area (Å²) in [6.07, 6.45) is 1.31. The summed E-state index contributed by atoms with van der Waals surface area (Å²) in [6, 6.07) is 11.2. The number of carbonyl (C=O) groups is 1. The number of methoxy groups -OCH3 is 1. The minimum absolute atomic E-state index is 0.00589. The number of tetrazole rings is 1. The Morgan fingerprint density at radius 3 is 2.63 bits per heavy atom. The topological polar surface area (TPSA) is 91.2 Å². The summed E-state index contributed by atoms with van der Waals surface area (Å²) in [5.74, 6) is 0.250. The molecule has 0 radical (unpaired) electrons. The molecule has 27 heavy (non-hydrogen) atoms. The summed E-state index contributed by atoms with van der Waals surface area (Å²) < 4.78 is 36.4. The fourth-order valence-corrected chi connectivity index (χ4v) is 2.40. The van der Waals surface area contributed by atoms with Crippen LogP contribution in [0.25, 0.3) is 11.1 Å². The van der Waals surface area contributed by atoms with Crippen LogP contribution in [0.4, 0.5) is 14.5 Å². The number of nitrogens with one attached hydrogen (secondary N) is 1. The first-order chi connectivity index (χ1) is 13.0. The van der Waals surface area contributed by atoms with Crippen molar-refractivity contribution < 1.29 is 23.0 Å². The van der Waals surface area contributed by atoms with Crippen LogP contribution in [0.2, 0.25) is 0 Å². The van der Waals surface area contributed by atoms with Crippen LogP contribution in [-0.2, 0) is 11.3 Å². The number of anilines is 1. The molecule has 140 valence electrons. The number of benzene rings is 2. The van der Waals surface area contributed by atoms with Crippen molar-refractivity contribution in [1.82, 2.24) is 20.2 Å². The molecule has 0 atom stereocenters. The number of hydrogen-bond acceptors (Lipinski definition) is 6. The third kappa shape index (κ3) is 4.75. The highest BCUT2D eigenvalue weighted by Gasteiger charge is 2.14. The Morgan fingerprint density at radius 1 is 1.22 bits per heavy atom. The number of alkyl halides is 2. The Hall–Kier alpha value is -3.56. The van der Waals surface area contributed by atoms with Crippen LogP contribution in [0.5, 0.6) is 11.5 Å². The van der Waals surface area contributed by atoms with E-state index in [2.05, 4.69) is 25.6 Å². The third-order valence-electron chi connectivity index (χ3n) is 3.58. The maximum absolute atomic E-state index is 12.7. The summed E-state index contributed by atoms with van der Waals surface area (Å²) in [7, 11) is 1.53. The van der Waals surface area contributed by atoms with Crippen LogP contribution >= 0.6 is 0 Å². The highest BCUT2D eigenvalue weighted by Crippen LogP contribution is 2.34. The number of carbonyl (C=O) groups excluding carboxylic acids is 1. The van der Waals surface area contributed by atoms with E-state index in [4.69, 9.17) is 4.74 Å². The predicted octanol–water partition coefficient (Wildman–Crippen LogP) is 2.59. The van der Waals surface area contributed by atoms with Gasteiger partial charge in [0.2, 0.25) is 5.91 Å². The maximum Gasteiger partial charge on any atom is 0.387 e. The molecule has 0 fully saturated rings. The third-order valence-corrected chi connectivity index (χ3v) is 3.58. The Balaban J connectivity index is 1.86. The highest BCUT2D eigenvalue weighted by molar-refractivity contribution is 5.91.